The van der Waals surface area contributed by atoms with Gasteiger partial charge in [0.05, 0.1) is 11.0 Å². The van der Waals surface area contributed by atoms with Crippen molar-refractivity contribution in [2.75, 3.05) is 6.54 Å². The normalized spacial score (nSPS) is 23.3. The smallest absolute Gasteiger partial charge is 0.108 e. The quantitative estimate of drug-likeness (QED) is 0.896. The van der Waals surface area contributed by atoms with Crippen LogP contribution in [0.4, 0.5) is 0 Å². The molecule has 2 aromatic rings. The molecule has 1 fully saturated rings. The number of benzene rings is 1. The van der Waals surface area contributed by atoms with Crippen molar-refractivity contribution in [1.29, 1.82) is 0 Å². The van der Waals surface area contributed by atoms with Crippen molar-refractivity contribution in [2.24, 2.45) is 5.92 Å². The minimum atomic E-state index is 0.683. The topological polar surface area (TPSA) is 40.7 Å². The van der Waals surface area contributed by atoms with Gasteiger partial charge in [-0.15, -0.1) is 0 Å². The monoisotopic (exact) mass is 291 g/mol. The number of hydrogen-bond donors (Lipinski definition) is 2. The average molecular weight is 292 g/mol. The fraction of sp³-hybridized carbons (Fsp3) is 0.562. The molecule has 108 valence electrons. The number of aromatic amines is 1. The standard InChI is InChI=1S/C16H22ClN3/c1-11-4-2-3-5-13(11)18-9-8-16-19-14-7-6-12(17)10-15(14)20-16/h6-7,10-11,13,18H,2-5,8-9H2,1H3,(H,19,20). The van der Waals surface area contributed by atoms with Crippen LogP contribution in [0.25, 0.3) is 11.0 Å². The first kappa shape index (κ1) is 13.9. The molecular weight excluding hydrogens is 270 g/mol. The van der Waals surface area contributed by atoms with Gasteiger partial charge in [-0.25, -0.2) is 4.98 Å². The number of rotatable bonds is 4. The Morgan fingerprint density at radius 1 is 1.35 bits per heavy atom. The Balaban J connectivity index is 1.57. The predicted molar refractivity (Wildman–Crippen MR) is 84.2 cm³/mol. The van der Waals surface area contributed by atoms with Crippen LogP contribution in [0.3, 0.4) is 0 Å². The van der Waals surface area contributed by atoms with E-state index in [4.69, 9.17) is 11.6 Å². The number of fused-ring (bicyclic) bond motifs is 1. The molecule has 0 aliphatic heterocycles. The zero-order valence-electron chi connectivity index (χ0n) is 12.0. The summed E-state index contributed by atoms with van der Waals surface area (Å²) in [5, 5.41) is 4.44. The van der Waals surface area contributed by atoms with Crippen molar-refractivity contribution in [3.8, 4) is 0 Å². The summed E-state index contributed by atoms with van der Waals surface area (Å²) in [5.41, 5.74) is 2.02. The fourth-order valence-electron chi connectivity index (χ4n) is 3.15. The first-order chi connectivity index (χ1) is 9.72. The van der Waals surface area contributed by atoms with Crippen LogP contribution in [0.2, 0.25) is 5.02 Å². The Morgan fingerprint density at radius 2 is 2.20 bits per heavy atom. The molecule has 1 aliphatic carbocycles. The summed E-state index contributed by atoms with van der Waals surface area (Å²) in [6.07, 6.45) is 6.38. The van der Waals surface area contributed by atoms with Gasteiger partial charge in [0, 0.05) is 24.0 Å². The van der Waals surface area contributed by atoms with Gasteiger partial charge in [0.1, 0.15) is 5.82 Å². The van der Waals surface area contributed by atoms with E-state index in [0.717, 1.165) is 40.8 Å². The van der Waals surface area contributed by atoms with Gasteiger partial charge in [-0.05, 0) is 37.0 Å². The highest BCUT2D eigenvalue weighted by molar-refractivity contribution is 6.31. The molecule has 0 radical (unpaired) electrons. The van der Waals surface area contributed by atoms with Crippen LogP contribution in [0.1, 0.15) is 38.4 Å². The van der Waals surface area contributed by atoms with Crippen LogP contribution < -0.4 is 5.32 Å². The van der Waals surface area contributed by atoms with Gasteiger partial charge in [-0.1, -0.05) is 31.4 Å². The minimum absolute atomic E-state index is 0.683. The lowest BCUT2D eigenvalue weighted by Gasteiger charge is -2.29. The van der Waals surface area contributed by atoms with E-state index in [1.165, 1.54) is 25.7 Å². The third-order valence-corrected chi connectivity index (χ3v) is 4.61. The Morgan fingerprint density at radius 3 is 3.05 bits per heavy atom. The van der Waals surface area contributed by atoms with E-state index in [1.807, 2.05) is 18.2 Å². The van der Waals surface area contributed by atoms with Crippen molar-refractivity contribution in [3.05, 3.63) is 29.0 Å². The molecule has 1 aromatic heterocycles. The van der Waals surface area contributed by atoms with Gasteiger partial charge in [-0.2, -0.15) is 0 Å². The molecule has 1 aliphatic rings. The molecule has 0 spiro atoms. The molecule has 1 heterocycles. The van der Waals surface area contributed by atoms with Crippen LogP contribution >= 0.6 is 11.6 Å². The largest absolute Gasteiger partial charge is 0.342 e. The van der Waals surface area contributed by atoms with E-state index < -0.39 is 0 Å². The van der Waals surface area contributed by atoms with E-state index in [0.29, 0.717) is 6.04 Å². The number of nitrogens with one attached hydrogen (secondary N) is 2. The Kier molecular flexibility index (Phi) is 4.27. The van der Waals surface area contributed by atoms with E-state index >= 15 is 0 Å². The van der Waals surface area contributed by atoms with Crippen molar-refractivity contribution in [2.45, 2.75) is 45.1 Å². The van der Waals surface area contributed by atoms with E-state index in [9.17, 15) is 0 Å². The van der Waals surface area contributed by atoms with Crippen molar-refractivity contribution < 1.29 is 0 Å². The zero-order chi connectivity index (χ0) is 13.9. The van der Waals surface area contributed by atoms with E-state index in [2.05, 4.69) is 22.2 Å². The highest BCUT2D eigenvalue weighted by Gasteiger charge is 2.20. The number of H-pyrrole nitrogens is 1. The number of hydrogen-bond acceptors (Lipinski definition) is 2. The summed E-state index contributed by atoms with van der Waals surface area (Å²) in [5.74, 6) is 1.84. The lowest BCUT2D eigenvalue weighted by atomic mass is 9.86. The Bertz CT molecular complexity index is 578. The summed E-state index contributed by atoms with van der Waals surface area (Å²) in [4.78, 5) is 7.95. The Hall–Kier alpha value is -1.06. The van der Waals surface area contributed by atoms with Gasteiger partial charge in [0.25, 0.3) is 0 Å². The van der Waals surface area contributed by atoms with Crippen LogP contribution in [-0.2, 0) is 6.42 Å². The zero-order valence-corrected chi connectivity index (χ0v) is 12.7. The highest BCUT2D eigenvalue weighted by Crippen LogP contribution is 2.23. The lowest BCUT2D eigenvalue weighted by Crippen LogP contribution is -2.38. The number of nitrogens with zero attached hydrogens (tertiary/aromatic N) is 1. The first-order valence-electron chi connectivity index (χ1n) is 7.60. The van der Waals surface area contributed by atoms with Gasteiger partial charge in [0.2, 0.25) is 0 Å². The maximum absolute atomic E-state index is 5.99. The molecule has 3 rings (SSSR count). The summed E-state index contributed by atoms with van der Waals surface area (Å²) >= 11 is 5.99. The van der Waals surface area contributed by atoms with Crippen molar-refractivity contribution in [3.63, 3.8) is 0 Å². The third kappa shape index (κ3) is 3.15. The van der Waals surface area contributed by atoms with Crippen LogP contribution in [0, 0.1) is 5.92 Å². The fourth-order valence-corrected chi connectivity index (χ4v) is 3.32. The molecular formula is C16H22ClN3. The number of halogens is 1. The molecule has 20 heavy (non-hydrogen) atoms. The molecule has 1 aromatic carbocycles. The van der Waals surface area contributed by atoms with Gasteiger partial charge in [0.15, 0.2) is 0 Å². The van der Waals surface area contributed by atoms with E-state index in [1.54, 1.807) is 0 Å². The molecule has 0 saturated heterocycles. The highest BCUT2D eigenvalue weighted by atomic mass is 35.5. The first-order valence-corrected chi connectivity index (χ1v) is 7.98. The molecule has 2 atom stereocenters. The summed E-state index contributed by atoms with van der Waals surface area (Å²) in [6.45, 7) is 3.35. The van der Waals surface area contributed by atoms with Crippen molar-refractivity contribution in [1.82, 2.24) is 15.3 Å². The minimum Gasteiger partial charge on any atom is -0.342 e. The molecule has 3 nitrogen and oxygen atoms in total. The number of imidazole rings is 1. The molecule has 1 saturated carbocycles. The summed E-state index contributed by atoms with van der Waals surface area (Å²) < 4.78 is 0. The second-order valence-corrected chi connectivity index (χ2v) is 6.35. The molecule has 4 heteroatoms. The second-order valence-electron chi connectivity index (χ2n) is 5.92. The summed E-state index contributed by atoms with van der Waals surface area (Å²) in [6, 6.07) is 6.47. The third-order valence-electron chi connectivity index (χ3n) is 4.37. The molecule has 0 bridgehead atoms. The van der Waals surface area contributed by atoms with Gasteiger partial charge in [-0.3, -0.25) is 0 Å². The van der Waals surface area contributed by atoms with Crippen LogP contribution in [0.15, 0.2) is 18.2 Å². The SMILES string of the molecule is CC1CCCCC1NCCc1nc2ccc(Cl)cc2[nH]1. The maximum atomic E-state index is 5.99. The van der Waals surface area contributed by atoms with Gasteiger partial charge >= 0.3 is 0 Å². The lowest BCUT2D eigenvalue weighted by molar-refractivity contribution is 0.282. The Labute approximate surface area is 125 Å². The molecule has 0 amide bonds. The average Bonchev–Trinajstić information content (AvgIpc) is 2.83. The predicted octanol–water partition coefficient (Wildman–Crippen LogP) is 3.93. The van der Waals surface area contributed by atoms with Crippen LogP contribution in [0.5, 0.6) is 0 Å². The van der Waals surface area contributed by atoms with E-state index in [-0.39, 0.29) is 0 Å². The molecule has 2 N–H and O–H groups in total. The van der Waals surface area contributed by atoms with Crippen molar-refractivity contribution >= 4 is 22.6 Å². The van der Waals surface area contributed by atoms with Crippen LogP contribution in [-0.4, -0.2) is 22.6 Å². The van der Waals surface area contributed by atoms with Gasteiger partial charge < -0.3 is 10.3 Å². The summed E-state index contributed by atoms with van der Waals surface area (Å²) in [7, 11) is 0. The molecule has 2 unspecified atom stereocenters. The second kappa shape index (κ2) is 6.15. The number of aromatic nitrogens is 2. The maximum Gasteiger partial charge on any atom is 0.108 e.